The van der Waals surface area contributed by atoms with E-state index in [9.17, 15) is 0 Å². The Morgan fingerprint density at radius 1 is 1.23 bits per heavy atom. The molecule has 4 atom stereocenters. The van der Waals surface area contributed by atoms with E-state index in [1.165, 1.54) is 0 Å². The SMILES string of the molecule is [B]C1OC(CO)C2O[P+](O)(O)OC12. The number of rotatable bonds is 1. The molecule has 2 aliphatic rings. The molecule has 2 rings (SSSR count). The fourth-order valence-electron chi connectivity index (χ4n) is 1.49. The summed E-state index contributed by atoms with van der Waals surface area (Å²) in [7, 11) is 1.73. The summed E-state index contributed by atoms with van der Waals surface area (Å²) in [5.41, 5.74) is 0. The van der Waals surface area contributed by atoms with E-state index in [4.69, 9.17) is 36.5 Å². The van der Waals surface area contributed by atoms with Gasteiger partial charge in [-0.3, -0.25) is 0 Å². The Hall–Kier alpha value is 0.255. The van der Waals surface area contributed by atoms with Gasteiger partial charge in [0.1, 0.15) is 14.0 Å². The number of ether oxygens (including phenoxy) is 1. The number of fused-ring (bicyclic) bond motifs is 1. The zero-order chi connectivity index (χ0) is 9.64. The van der Waals surface area contributed by atoms with Gasteiger partial charge < -0.3 is 9.84 Å². The van der Waals surface area contributed by atoms with Gasteiger partial charge in [-0.25, -0.2) is 0 Å². The van der Waals surface area contributed by atoms with Crippen LogP contribution in [0.4, 0.5) is 0 Å². The van der Waals surface area contributed by atoms with Gasteiger partial charge >= 0.3 is 8.17 Å². The Morgan fingerprint density at radius 3 is 2.46 bits per heavy atom. The lowest BCUT2D eigenvalue weighted by Crippen LogP contribution is -2.31. The molecule has 0 aromatic rings. The lowest BCUT2D eigenvalue weighted by molar-refractivity contribution is -0.00744. The van der Waals surface area contributed by atoms with E-state index in [1.807, 2.05) is 0 Å². The molecule has 2 aliphatic heterocycles. The monoisotopic (exact) mass is 207 g/mol. The van der Waals surface area contributed by atoms with E-state index in [0.717, 1.165) is 0 Å². The van der Waals surface area contributed by atoms with Gasteiger partial charge in [0, 0.05) is 0 Å². The first kappa shape index (κ1) is 9.80. The predicted octanol–water partition coefficient (Wildman–Crippen LogP) is -1.68. The van der Waals surface area contributed by atoms with Gasteiger partial charge in [-0.15, -0.1) is 9.05 Å². The third-order valence-corrected chi connectivity index (χ3v) is 3.08. The third kappa shape index (κ3) is 1.61. The first-order chi connectivity index (χ1) is 6.03. The summed E-state index contributed by atoms with van der Waals surface area (Å²) in [6, 6.07) is -0.789. The van der Waals surface area contributed by atoms with Crippen LogP contribution in [0.2, 0.25) is 0 Å². The summed E-state index contributed by atoms with van der Waals surface area (Å²) in [5, 5.41) is 8.83. The summed E-state index contributed by atoms with van der Waals surface area (Å²) in [6.45, 7) is -0.293. The van der Waals surface area contributed by atoms with Crippen molar-refractivity contribution in [3.63, 3.8) is 0 Å². The van der Waals surface area contributed by atoms with Crippen LogP contribution in [0.25, 0.3) is 0 Å². The van der Waals surface area contributed by atoms with Crippen LogP contribution in [0, 0.1) is 0 Å². The molecule has 2 fully saturated rings. The van der Waals surface area contributed by atoms with Gasteiger partial charge in [-0.1, -0.05) is 0 Å². The average molecular weight is 207 g/mol. The number of hydrogen-bond donors (Lipinski definition) is 3. The molecule has 0 aliphatic carbocycles. The maximum absolute atomic E-state index is 9.06. The first-order valence-electron chi connectivity index (χ1n) is 3.77. The van der Waals surface area contributed by atoms with Crippen molar-refractivity contribution in [1.82, 2.24) is 0 Å². The highest BCUT2D eigenvalue weighted by Crippen LogP contribution is 2.62. The van der Waals surface area contributed by atoms with E-state index in [0.29, 0.717) is 0 Å². The molecular weight excluding hydrogens is 198 g/mol. The molecule has 13 heavy (non-hydrogen) atoms. The van der Waals surface area contributed by atoms with Gasteiger partial charge in [0.2, 0.25) is 0 Å². The molecule has 0 aromatic heterocycles. The fraction of sp³-hybridized carbons (Fsp3) is 1.00. The van der Waals surface area contributed by atoms with E-state index >= 15 is 0 Å². The minimum atomic E-state index is -3.73. The van der Waals surface area contributed by atoms with Crippen molar-refractivity contribution in [2.45, 2.75) is 24.3 Å². The summed E-state index contributed by atoms with van der Waals surface area (Å²) < 4.78 is 14.6. The molecule has 6 nitrogen and oxygen atoms in total. The highest BCUT2D eigenvalue weighted by molar-refractivity contribution is 7.54. The van der Waals surface area contributed by atoms with Crippen LogP contribution >= 0.6 is 8.17 Å². The standard InChI is InChI=1S/C5H9BO6P/c6-5-4-3(2(1-7)10-5)11-13(8,9)12-4/h2-5,7-9H,1H2/q+1. The van der Waals surface area contributed by atoms with Crippen LogP contribution in [-0.4, -0.2) is 53.7 Å². The maximum Gasteiger partial charge on any atom is 0.570 e. The van der Waals surface area contributed by atoms with Gasteiger partial charge in [0.25, 0.3) is 0 Å². The lowest BCUT2D eigenvalue weighted by Gasteiger charge is -2.11. The Bertz CT molecular complexity index is 213. The van der Waals surface area contributed by atoms with Crippen molar-refractivity contribution in [3.05, 3.63) is 0 Å². The smallest absolute Gasteiger partial charge is 0.394 e. The summed E-state index contributed by atoms with van der Waals surface area (Å²) in [4.78, 5) is 18.1. The molecular formula is C5H9BO6P+. The van der Waals surface area contributed by atoms with Gasteiger partial charge in [-0.2, -0.15) is 9.79 Å². The van der Waals surface area contributed by atoms with E-state index in [2.05, 4.69) is 0 Å². The second-order valence-electron chi connectivity index (χ2n) is 2.95. The number of hydrogen-bond acceptors (Lipinski definition) is 6. The summed E-state index contributed by atoms with van der Waals surface area (Å²) in [5.74, 6) is 0. The Labute approximate surface area is 76.5 Å². The first-order valence-corrected chi connectivity index (χ1v) is 5.30. The predicted molar refractivity (Wildman–Crippen MR) is 42.6 cm³/mol. The second kappa shape index (κ2) is 3.13. The van der Waals surface area contributed by atoms with Crippen LogP contribution in [-0.2, 0) is 13.8 Å². The number of aliphatic hydroxyl groups excluding tert-OH is 1. The van der Waals surface area contributed by atoms with Crippen LogP contribution in [0.5, 0.6) is 0 Å². The molecule has 4 unspecified atom stereocenters. The lowest BCUT2D eigenvalue weighted by atomic mass is 9.93. The van der Waals surface area contributed by atoms with Gasteiger partial charge in [-0.05, 0) is 0 Å². The Balaban J connectivity index is 2.12. The largest absolute Gasteiger partial charge is 0.570 e. The molecule has 2 heterocycles. The topological polar surface area (TPSA) is 88.4 Å². The van der Waals surface area contributed by atoms with Crippen LogP contribution in [0.15, 0.2) is 0 Å². The Kier molecular flexibility index (Phi) is 2.36. The molecule has 0 bridgehead atoms. The van der Waals surface area contributed by atoms with Gasteiger partial charge in [0.05, 0.1) is 12.6 Å². The molecule has 0 spiro atoms. The van der Waals surface area contributed by atoms with Crippen LogP contribution in [0.1, 0.15) is 0 Å². The van der Waals surface area contributed by atoms with Crippen molar-refractivity contribution in [3.8, 4) is 0 Å². The fourth-order valence-corrected chi connectivity index (χ4v) is 2.67. The van der Waals surface area contributed by atoms with E-state index in [-0.39, 0.29) is 6.61 Å². The zero-order valence-electron chi connectivity index (χ0n) is 6.61. The molecule has 72 valence electrons. The molecule has 2 saturated heterocycles. The third-order valence-electron chi connectivity index (χ3n) is 2.04. The maximum atomic E-state index is 9.06. The van der Waals surface area contributed by atoms with Crippen molar-refractivity contribution < 1.29 is 28.7 Å². The van der Waals surface area contributed by atoms with Crippen LogP contribution < -0.4 is 0 Å². The molecule has 0 amide bonds. The normalized spacial score (nSPS) is 47.9. The van der Waals surface area contributed by atoms with Gasteiger partial charge in [0.15, 0.2) is 12.2 Å². The van der Waals surface area contributed by atoms with E-state index < -0.39 is 32.5 Å². The minimum absolute atomic E-state index is 0.293. The van der Waals surface area contributed by atoms with E-state index in [1.54, 1.807) is 0 Å². The molecule has 3 N–H and O–H groups in total. The Morgan fingerprint density at radius 2 is 1.85 bits per heavy atom. The zero-order valence-corrected chi connectivity index (χ0v) is 7.50. The molecule has 0 aromatic carbocycles. The second-order valence-corrected chi connectivity index (χ2v) is 4.36. The quantitative estimate of drug-likeness (QED) is 0.351. The minimum Gasteiger partial charge on any atom is -0.394 e. The molecule has 2 radical (unpaired) electrons. The van der Waals surface area contributed by atoms with Crippen molar-refractivity contribution in [2.24, 2.45) is 0 Å². The van der Waals surface area contributed by atoms with Crippen molar-refractivity contribution in [1.29, 1.82) is 0 Å². The molecule has 0 saturated carbocycles. The highest BCUT2D eigenvalue weighted by Gasteiger charge is 2.64. The van der Waals surface area contributed by atoms with Crippen LogP contribution in [0.3, 0.4) is 0 Å². The molecule has 8 heteroatoms. The highest BCUT2D eigenvalue weighted by atomic mass is 31.2. The average Bonchev–Trinajstić information content (AvgIpc) is 2.47. The summed E-state index contributed by atoms with van der Waals surface area (Å²) in [6.07, 6.45) is -2.05. The van der Waals surface area contributed by atoms with Crippen molar-refractivity contribution in [2.75, 3.05) is 6.61 Å². The number of aliphatic hydroxyl groups is 1. The van der Waals surface area contributed by atoms with Crippen molar-refractivity contribution >= 4 is 16.0 Å². The summed E-state index contributed by atoms with van der Waals surface area (Å²) >= 11 is 0.